The lowest BCUT2D eigenvalue weighted by Crippen LogP contribution is -2.26. The van der Waals surface area contributed by atoms with Crippen LogP contribution in [0.2, 0.25) is 0 Å². The smallest absolute Gasteiger partial charge is 0.222 e. The van der Waals surface area contributed by atoms with Crippen LogP contribution in [-0.2, 0) is 11.3 Å². The third-order valence-electron chi connectivity index (χ3n) is 3.58. The Morgan fingerprint density at radius 1 is 1.12 bits per heavy atom. The number of halogens is 1. The normalized spacial score (nSPS) is 10.3. The van der Waals surface area contributed by atoms with Crippen LogP contribution < -0.4 is 9.47 Å². The van der Waals surface area contributed by atoms with Crippen molar-refractivity contribution in [3.8, 4) is 11.5 Å². The van der Waals surface area contributed by atoms with Crippen LogP contribution in [0.15, 0.2) is 53.0 Å². The van der Waals surface area contributed by atoms with Crippen molar-refractivity contribution in [3.05, 3.63) is 58.6 Å². The Morgan fingerprint density at radius 2 is 1.88 bits per heavy atom. The third-order valence-corrected chi connectivity index (χ3v) is 4.07. The molecule has 128 valence electrons. The van der Waals surface area contributed by atoms with Crippen LogP contribution in [0.5, 0.6) is 11.5 Å². The molecule has 2 aromatic carbocycles. The number of rotatable bonds is 8. The zero-order valence-corrected chi connectivity index (χ0v) is 15.6. The highest BCUT2D eigenvalue weighted by atomic mass is 79.9. The number of amides is 1. The summed E-state index contributed by atoms with van der Waals surface area (Å²) in [5.74, 6) is 1.72. The summed E-state index contributed by atoms with van der Waals surface area (Å²) in [6.45, 7) is 1.09. The van der Waals surface area contributed by atoms with Crippen molar-refractivity contribution in [2.24, 2.45) is 0 Å². The standard InChI is InChI=1S/C19H22BrNO3/c1-21(14-15-6-3-8-17(12-15)23-2)19(22)10-5-11-24-18-9-4-7-16(20)13-18/h3-4,6-9,12-13H,5,10-11,14H2,1-2H3. The SMILES string of the molecule is COc1cccc(CN(C)C(=O)CCCOc2cccc(Br)c2)c1. The molecule has 0 atom stereocenters. The second-order valence-corrected chi connectivity index (χ2v) is 6.43. The minimum Gasteiger partial charge on any atom is -0.497 e. The number of ether oxygens (including phenoxy) is 2. The molecule has 4 nitrogen and oxygen atoms in total. The van der Waals surface area contributed by atoms with Gasteiger partial charge in [-0.15, -0.1) is 0 Å². The van der Waals surface area contributed by atoms with Crippen LogP contribution in [0.3, 0.4) is 0 Å². The number of hydrogen-bond acceptors (Lipinski definition) is 3. The lowest BCUT2D eigenvalue weighted by Gasteiger charge is -2.17. The molecule has 2 rings (SSSR count). The number of carbonyl (C=O) groups is 1. The van der Waals surface area contributed by atoms with E-state index in [1.165, 1.54) is 0 Å². The van der Waals surface area contributed by atoms with Crippen molar-refractivity contribution in [2.75, 3.05) is 20.8 Å². The molecule has 0 aliphatic carbocycles. The summed E-state index contributed by atoms with van der Waals surface area (Å²) in [5, 5.41) is 0. The second-order valence-electron chi connectivity index (χ2n) is 5.51. The van der Waals surface area contributed by atoms with Crippen LogP contribution in [0.4, 0.5) is 0 Å². The molecule has 2 aromatic rings. The number of hydrogen-bond donors (Lipinski definition) is 0. The van der Waals surface area contributed by atoms with Gasteiger partial charge in [-0.05, 0) is 42.3 Å². The van der Waals surface area contributed by atoms with Gasteiger partial charge in [-0.1, -0.05) is 34.1 Å². The summed E-state index contributed by atoms with van der Waals surface area (Å²) in [4.78, 5) is 13.9. The summed E-state index contributed by atoms with van der Waals surface area (Å²) < 4.78 is 11.8. The van der Waals surface area contributed by atoms with E-state index in [0.717, 1.165) is 21.5 Å². The van der Waals surface area contributed by atoms with Crippen LogP contribution in [-0.4, -0.2) is 31.6 Å². The van der Waals surface area contributed by atoms with Gasteiger partial charge in [-0.2, -0.15) is 0 Å². The van der Waals surface area contributed by atoms with Crippen molar-refractivity contribution in [3.63, 3.8) is 0 Å². The fraction of sp³-hybridized carbons (Fsp3) is 0.316. The topological polar surface area (TPSA) is 38.8 Å². The molecule has 0 fully saturated rings. The van der Waals surface area contributed by atoms with E-state index in [0.29, 0.717) is 26.0 Å². The van der Waals surface area contributed by atoms with Gasteiger partial charge in [0.25, 0.3) is 0 Å². The molecule has 5 heteroatoms. The van der Waals surface area contributed by atoms with Crippen molar-refractivity contribution in [2.45, 2.75) is 19.4 Å². The molecule has 0 aliphatic heterocycles. The predicted molar refractivity (Wildman–Crippen MR) is 98.3 cm³/mol. The summed E-state index contributed by atoms with van der Waals surface area (Å²) >= 11 is 3.41. The number of methoxy groups -OCH3 is 1. The highest BCUT2D eigenvalue weighted by Crippen LogP contribution is 2.18. The number of nitrogens with zero attached hydrogens (tertiary/aromatic N) is 1. The summed E-state index contributed by atoms with van der Waals surface area (Å²) in [6.07, 6.45) is 1.16. The average Bonchev–Trinajstić information content (AvgIpc) is 2.58. The van der Waals surface area contributed by atoms with E-state index >= 15 is 0 Å². The van der Waals surface area contributed by atoms with E-state index in [2.05, 4.69) is 15.9 Å². The molecule has 0 N–H and O–H groups in total. The van der Waals surface area contributed by atoms with Crippen LogP contribution in [0.25, 0.3) is 0 Å². The zero-order chi connectivity index (χ0) is 17.4. The van der Waals surface area contributed by atoms with Crippen LogP contribution in [0, 0.1) is 0 Å². The van der Waals surface area contributed by atoms with E-state index in [4.69, 9.17) is 9.47 Å². The fourth-order valence-electron chi connectivity index (χ4n) is 2.29. The monoisotopic (exact) mass is 391 g/mol. The molecule has 24 heavy (non-hydrogen) atoms. The first kappa shape index (κ1) is 18.3. The summed E-state index contributed by atoms with van der Waals surface area (Å²) in [7, 11) is 3.45. The van der Waals surface area contributed by atoms with Gasteiger partial charge < -0.3 is 14.4 Å². The first-order chi connectivity index (χ1) is 11.6. The predicted octanol–water partition coefficient (Wildman–Crippen LogP) is 4.28. The molecule has 0 spiro atoms. The van der Waals surface area contributed by atoms with Gasteiger partial charge in [0.05, 0.1) is 13.7 Å². The van der Waals surface area contributed by atoms with Crippen LogP contribution in [0.1, 0.15) is 18.4 Å². The molecule has 0 aromatic heterocycles. The van der Waals surface area contributed by atoms with Gasteiger partial charge in [0.2, 0.25) is 5.91 Å². The van der Waals surface area contributed by atoms with Crippen molar-refractivity contribution in [1.82, 2.24) is 4.90 Å². The average molecular weight is 392 g/mol. The molecule has 1 amide bonds. The van der Waals surface area contributed by atoms with Gasteiger partial charge in [-0.3, -0.25) is 4.79 Å². The van der Waals surface area contributed by atoms with Gasteiger partial charge >= 0.3 is 0 Å². The third kappa shape index (κ3) is 5.89. The van der Waals surface area contributed by atoms with Crippen LogP contribution >= 0.6 is 15.9 Å². The van der Waals surface area contributed by atoms with Crippen molar-refractivity contribution < 1.29 is 14.3 Å². The van der Waals surface area contributed by atoms with E-state index in [9.17, 15) is 4.79 Å². The molecular formula is C19H22BrNO3. The highest BCUT2D eigenvalue weighted by molar-refractivity contribution is 9.10. The molecular weight excluding hydrogens is 370 g/mol. The largest absolute Gasteiger partial charge is 0.497 e. The Morgan fingerprint density at radius 3 is 2.62 bits per heavy atom. The van der Waals surface area contributed by atoms with E-state index in [1.807, 2.05) is 55.6 Å². The molecule has 0 aliphatic rings. The Balaban J connectivity index is 1.73. The Kier molecular flexibility index (Phi) is 7.12. The molecule has 0 heterocycles. The Hall–Kier alpha value is -2.01. The van der Waals surface area contributed by atoms with Gasteiger partial charge in [0, 0.05) is 24.5 Å². The minimum atomic E-state index is 0.107. The maximum atomic E-state index is 12.2. The lowest BCUT2D eigenvalue weighted by molar-refractivity contribution is -0.130. The maximum absolute atomic E-state index is 12.2. The second kappa shape index (κ2) is 9.33. The molecule has 0 unspecified atom stereocenters. The number of benzene rings is 2. The lowest BCUT2D eigenvalue weighted by atomic mass is 10.2. The zero-order valence-electron chi connectivity index (χ0n) is 14.0. The molecule has 0 bridgehead atoms. The highest BCUT2D eigenvalue weighted by Gasteiger charge is 2.09. The van der Waals surface area contributed by atoms with Gasteiger partial charge in [0.1, 0.15) is 11.5 Å². The first-order valence-corrected chi connectivity index (χ1v) is 8.63. The van der Waals surface area contributed by atoms with Crippen molar-refractivity contribution in [1.29, 1.82) is 0 Å². The molecule has 0 saturated carbocycles. The molecule has 0 radical (unpaired) electrons. The quantitative estimate of drug-likeness (QED) is 0.630. The van der Waals surface area contributed by atoms with Gasteiger partial charge in [0.15, 0.2) is 0 Å². The fourth-order valence-corrected chi connectivity index (χ4v) is 2.67. The maximum Gasteiger partial charge on any atom is 0.222 e. The van der Waals surface area contributed by atoms with E-state index in [1.54, 1.807) is 12.0 Å². The summed E-state index contributed by atoms with van der Waals surface area (Å²) in [6, 6.07) is 15.4. The van der Waals surface area contributed by atoms with Gasteiger partial charge in [-0.25, -0.2) is 0 Å². The Bertz CT molecular complexity index is 675. The first-order valence-electron chi connectivity index (χ1n) is 7.84. The molecule has 0 saturated heterocycles. The van der Waals surface area contributed by atoms with E-state index in [-0.39, 0.29) is 5.91 Å². The number of carbonyl (C=O) groups excluding carboxylic acids is 1. The van der Waals surface area contributed by atoms with Crippen molar-refractivity contribution >= 4 is 21.8 Å². The Labute approximate surface area is 151 Å². The summed E-state index contributed by atoms with van der Waals surface area (Å²) in [5.41, 5.74) is 1.05. The minimum absolute atomic E-state index is 0.107. The van der Waals surface area contributed by atoms with E-state index < -0.39 is 0 Å².